The van der Waals surface area contributed by atoms with Crippen molar-refractivity contribution in [3.05, 3.63) is 30.6 Å². The van der Waals surface area contributed by atoms with E-state index in [4.69, 9.17) is 5.11 Å². The second-order valence-corrected chi connectivity index (χ2v) is 2.80. The quantitative estimate of drug-likeness (QED) is 0.611. The molecule has 1 N–H and O–H groups in total. The zero-order valence-corrected chi connectivity index (χ0v) is 10.5. The van der Waals surface area contributed by atoms with Crippen LogP contribution in [0.15, 0.2) is 30.6 Å². The molecule has 0 atom stereocenters. The highest BCUT2D eigenvalue weighted by atomic mass is 16.5. The molecule has 0 aromatic carbocycles. The van der Waals surface area contributed by atoms with Gasteiger partial charge in [-0.25, -0.2) is 0 Å². The van der Waals surface area contributed by atoms with Gasteiger partial charge in [0.1, 0.15) is 0 Å². The summed E-state index contributed by atoms with van der Waals surface area (Å²) in [5.41, 5.74) is 0. The molecule has 0 aliphatic carbocycles. The lowest BCUT2D eigenvalue weighted by atomic mass is 10.4. The standard InChI is InChI=1S/C8H10NO.C3H6O2.CH4O/c1-8(10)7-9-5-3-2-4-6-9;1-2-5-3-4;1-2/h2-6H,7H2,1H3;3H,2H2,1H3;2H,1H3/q+1;;. The van der Waals surface area contributed by atoms with Crippen LogP contribution in [0.2, 0.25) is 0 Å². The van der Waals surface area contributed by atoms with Crippen LogP contribution in [-0.4, -0.2) is 31.1 Å². The first-order chi connectivity index (χ1) is 8.20. The number of nitrogens with zero attached hydrogens (tertiary/aromatic N) is 1. The fourth-order valence-electron chi connectivity index (χ4n) is 0.865. The molecule has 1 heterocycles. The minimum absolute atomic E-state index is 0.177. The zero-order valence-electron chi connectivity index (χ0n) is 10.5. The Morgan fingerprint density at radius 1 is 1.29 bits per heavy atom. The van der Waals surface area contributed by atoms with Gasteiger partial charge in [-0.15, -0.1) is 0 Å². The van der Waals surface area contributed by atoms with Gasteiger partial charge in [0.05, 0.1) is 6.61 Å². The first-order valence-electron chi connectivity index (χ1n) is 5.14. The molecule has 5 heteroatoms. The van der Waals surface area contributed by atoms with E-state index in [0.717, 1.165) is 7.11 Å². The summed E-state index contributed by atoms with van der Waals surface area (Å²) in [7, 11) is 1.00. The maximum Gasteiger partial charge on any atom is 0.293 e. The molecular formula is C12H20NO4+. The lowest BCUT2D eigenvalue weighted by Gasteiger charge is -1.88. The Morgan fingerprint density at radius 3 is 2.12 bits per heavy atom. The molecule has 0 aliphatic heterocycles. The summed E-state index contributed by atoms with van der Waals surface area (Å²) in [6, 6.07) is 5.74. The van der Waals surface area contributed by atoms with Crippen molar-refractivity contribution < 1.29 is 24.0 Å². The second kappa shape index (κ2) is 14.2. The van der Waals surface area contributed by atoms with Gasteiger partial charge in [0.25, 0.3) is 6.47 Å². The lowest BCUT2D eigenvalue weighted by Crippen LogP contribution is -2.35. The highest BCUT2D eigenvalue weighted by molar-refractivity contribution is 5.73. The Labute approximate surface area is 102 Å². The molecule has 0 fully saturated rings. The van der Waals surface area contributed by atoms with Crippen LogP contribution in [-0.2, 0) is 20.9 Å². The molecule has 1 rings (SSSR count). The normalized spacial score (nSPS) is 7.76. The van der Waals surface area contributed by atoms with Gasteiger partial charge in [0.2, 0.25) is 6.54 Å². The minimum atomic E-state index is 0.177. The number of pyridine rings is 1. The Kier molecular flexibility index (Phi) is 14.8. The van der Waals surface area contributed by atoms with Gasteiger partial charge in [0.15, 0.2) is 18.2 Å². The predicted molar refractivity (Wildman–Crippen MR) is 63.2 cm³/mol. The largest absolute Gasteiger partial charge is 0.468 e. The van der Waals surface area contributed by atoms with Crippen molar-refractivity contribution in [3.63, 3.8) is 0 Å². The van der Waals surface area contributed by atoms with Gasteiger partial charge >= 0.3 is 0 Å². The van der Waals surface area contributed by atoms with Crippen LogP contribution in [0.3, 0.4) is 0 Å². The first-order valence-corrected chi connectivity index (χ1v) is 5.14. The number of aromatic nitrogens is 1. The highest BCUT2D eigenvalue weighted by Gasteiger charge is 1.99. The Hall–Kier alpha value is -1.75. The van der Waals surface area contributed by atoms with E-state index < -0.39 is 0 Å². The average molecular weight is 242 g/mol. The predicted octanol–water partition coefficient (Wildman–Crippen LogP) is 0.351. The Bertz CT molecular complexity index is 288. The summed E-state index contributed by atoms with van der Waals surface area (Å²) in [6.45, 7) is 4.72. The van der Waals surface area contributed by atoms with E-state index in [1.54, 1.807) is 13.8 Å². The van der Waals surface area contributed by atoms with Gasteiger partial charge in [-0.3, -0.25) is 9.59 Å². The number of rotatable bonds is 4. The molecule has 0 bridgehead atoms. The molecule has 5 nitrogen and oxygen atoms in total. The molecule has 0 radical (unpaired) electrons. The fourth-order valence-corrected chi connectivity index (χ4v) is 0.865. The van der Waals surface area contributed by atoms with E-state index in [-0.39, 0.29) is 5.78 Å². The molecule has 17 heavy (non-hydrogen) atoms. The molecular weight excluding hydrogens is 222 g/mol. The smallest absolute Gasteiger partial charge is 0.293 e. The number of carbonyl (C=O) groups is 2. The molecule has 1 aromatic heterocycles. The lowest BCUT2D eigenvalue weighted by molar-refractivity contribution is -0.684. The summed E-state index contributed by atoms with van der Waals surface area (Å²) in [6.07, 6.45) is 3.75. The van der Waals surface area contributed by atoms with Gasteiger partial charge in [-0.2, -0.15) is 4.57 Å². The second-order valence-electron chi connectivity index (χ2n) is 2.80. The number of hydrogen-bond acceptors (Lipinski definition) is 4. The molecule has 1 aromatic rings. The third kappa shape index (κ3) is 14.2. The summed E-state index contributed by atoms with van der Waals surface area (Å²) >= 11 is 0. The minimum Gasteiger partial charge on any atom is -0.468 e. The maximum absolute atomic E-state index is 10.6. The van der Waals surface area contributed by atoms with E-state index in [9.17, 15) is 9.59 Å². The molecule has 0 amide bonds. The first kappa shape index (κ1) is 17.6. The number of aliphatic hydroxyl groups excluding tert-OH is 1. The number of ether oxygens (including phenoxy) is 1. The molecule has 0 aliphatic rings. The van der Waals surface area contributed by atoms with Crippen LogP contribution in [0.5, 0.6) is 0 Å². The monoisotopic (exact) mass is 242 g/mol. The molecule has 0 saturated carbocycles. The van der Waals surface area contributed by atoms with Crippen molar-refractivity contribution in [2.45, 2.75) is 20.4 Å². The number of hydrogen-bond donors (Lipinski definition) is 1. The third-order valence-electron chi connectivity index (χ3n) is 1.42. The van der Waals surface area contributed by atoms with Gasteiger partial charge in [-0.05, 0) is 6.92 Å². The Balaban J connectivity index is 0. The molecule has 0 saturated heterocycles. The van der Waals surface area contributed by atoms with Crippen molar-refractivity contribution in [2.75, 3.05) is 13.7 Å². The van der Waals surface area contributed by atoms with Gasteiger partial charge < -0.3 is 9.84 Å². The van der Waals surface area contributed by atoms with E-state index in [1.165, 1.54) is 0 Å². The van der Waals surface area contributed by atoms with Crippen LogP contribution < -0.4 is 4.57 Å². The molecule has 96 valence electrons. The number of Topliss-reactive ketones (excluding diaryl/α,β-unsaturated/α-hetero) is 1. The topological polar surface area (TPSA) is 67.5 Å². The van der Waals surface area contributed by atoms with Crippen molar-refractivity contribution in [1.29, 1.82) is 0 Å². The summed E-state index contributed by atoms with van der Waals surface area (Å²) in [5.74, 6) is 0.177. The number of carbonyl (C=O) groups excluding carboxylic acids is 2. The van der Waals surface area contributed by atoms with Crippen LogP contribution >= 0.6 is 0 Å². The van der Waals surface area contributed by atoms with E-state index >= 15 is 0 Å². The summed E-state index contributed by atoms with van der Waals surface area (Å²) in [4.78, 5) is 19.8. The summed E-state index contributed by atoms with van der Waals surface area (Å²) in [5, 5.41) is 7.00. The van der Waals surface area contributed by atoms with Crippen molar-refractivity contribution in [2.24, 2.45) is 0 Å². The van der Waals surface area contributed by atoms with Crippen molar-refractivity contribution in [3.8, 4) is 0 Å². The molecule has 0 unspecified atom stereocenters. The average Bonchev–Trinajstić information content (AvgIpc) is 2.34. The fraction of sp³-hybridized carbons (Fsp3) is 0.417. The van der Waals surface area contributed by atoms with Crippen molar-refractivity contribution >= 4 is 12.3 Å². The number of ketones is 1. The van der Waals surface area contributed by atoms with Crippen LogP contribution in [0.1, 0.15) is 13.8 Å². The summed E-state index contributed by atoms with van der Waals surface area (Å²) < 4.78 is 6.00. The third-order valence-corrected chi connectivity index (χ3v) is 1.42. The zero-order chi connectivity index (χ0) is 13.5. The number of aliphatic hydroxyl groups is 1. The van der Waals surface area contributed by atoms with E-state index in [0.29, 0.717) is 19.6 Å². The SMILES string of the molecule is CC(=O)C[n+]1ccccc1.CCOC=O.CO. The van der Waals surface area contributed by atoms with Crippen molar-refractivity contribution in [1.82, 2.24) is 0 Å². The molecule has 0 spiro atoms. The van der Waals surface area contributed by atoms with Crippen LogP contribution in [0.25, 0.3) is 0 Å². The van der Waals surface area contributed by atoms with E-state index in [1.807, 2.05) is 35.2 Å². The van der Waals surface area contributed by atoms with E-state index in [2.05, 4.69) is 4.74 Å². The Morgan fingerprint density at radius 2 is 1.82 bits per heavy atom. The highest BCUT2D eigenvalue weighted by Crippen LogP contribution is 1.77. The van der Waals surface area contributed by atoms with Crippen LogP contribution in [0, 0.1) is 0 Å². The maximum atomic E-state index is 10.6. The van der Waals surface area contributed by atoms with Crippen LogP contribution in [0.4, 0.5) is 0 Å². The van der Waals surface area contributed by atoms with Gasteiger partial charge in [0, 0.05) is 26.2 Å². The van der Waals surface area contributed by atoms with Gasteiger partial charge in [-0.1, -0.05) is 6.07 Å².